The number of halogens is 1. The van der Waals surface area contributed by atoms with Gasteiger partial charge in [-0.2, -0.15) is 0 Å². The van der Waals surface area contributed by atoms with Gasteiger partial charge in [0.25, 0.3) is 0 Å². The predicted octanol–water partition coefficient (Wildman–Crippen LogP) is 3.17. The average molecular weight is 396 g/mol. The van der Waals surface area contributed by atoms with Crippen LogP contribution in [0.5, 0.6) is 5.75 Å². The first-order chi connectivity index (χ1) is 13.1. The number of anilines is 1. The fourth-order valence-corrected chi connectivity index (χ4v) is 4.07. The van der Waals surface area contributed by atoms with E-state index in [4.69, 9.17) is 21.1 Å². The lowest BCUT2D eigenvalue weighted by Gasteiger charge is -2.43. The van der Waals surface area contributed by atoms with Crippen molar-refractivity contribution in [3.05, 3.63) is 22.7 Å². The van der Waals surface area contributed by atoms with E-state index < -0.39 is 5.54 Å². The summed E-state index contributed by atoms with van der Waals surface area (Å²) in [6, 6.07) is 3.37. The van der Waals surface area contributed by atoms with E-state index in [1.807, 2.05) is 6.07 Å². The zero-order chi connectivity index (χ0) is 19.3. The predicted molar refractivity (Wildman–Crippen MR) is 103 cm³/mol. The molecule has 7 nitrogen and oxygen atoms in total. The van der Waals surface area contributed by atoms with Crippen LogP contribution in [0.4, 0.5) is 10.5 Å². The van der Waals surface area contributed by atoms with Crippen molar-refractivity contribution < 1.29 is 19.1 Å². The Bertz CT molecular complexity index is 704. The number of urea groups is 1. The smallest absolute Gasteiger partial charge is 0.319 e. The van der Waals surface area contributed by atoms with Gasteiger partial charge in [0.1, 0.15) is 12.4 Å². The van der Waals surface area contributed by atoms with E-state index in [1.165, 1.54) is 0 Å². The van der Waals surface area contributed by atoms with Crippen molar-refractivity contribution >= 4 is 29.3 Å². The van der Waals surface area contributed by atoms with E-state index >= 15 is 0 Å². The Hall–Kier alpha value is -1.99. The van der Waals surface area contributed by atoms with Crippen LogP contribution in [0, 0.1) is 0 Å². The summed E-state index contributed by atoms with van der Waals surface area (Å²) in [5, 5.41) is 9.46. The normalized spacial score (nSPS) is 17.6. The molecule has 27 heavy (non-hydrogen) atoms. The Labute approximate surface area is 164 Å². The Morgan fingerprint density at radius 1 is 1.30 bits per heavy atom. The Morgan fingerprint density at radius 2 is 2.07 bits per heavy atom. The molecule has 3 N–H and O–H groups in total. The maximum Gasteiger partial charge on any atom is 0.319 e. The lowest BCUT2D eigenvalue weighted by molar-refractivity contribution is -0.142. The SMILES string of the molecule is CCOC(=O)CNCCOc1ccc(Cl)c2c1C1(CCCCC1)NC(=O)N2. The van der Waals surface area contributed by atoms with Gasteiger partial charge in [-0.3, -0.25) is 4.79 Å². The van der Waals surface area contributed by atoms with Gasteiger partial charge in [0.2, 0.25) is 0 Å². The Kier molecular flexibility index (Phi) is 6.44. The quantitative estimate of drug-likeness (QED) is 0.487. The summed E-state index contributed by atoms with van der Waals surface area (Å²) in [5.41, 5.74) is 1.13. The van der Waals surface area contributed by atoms with Crippen LogP contribution in [0.15, 0.2) is 12.1 Å². The molecule has 0 unspecified atom stereocenters. The molecule has 0 atom stereocenters. The number of rotatable bonds is 7. The minimum absolute atomic E-state index is 0.150. The van der Waals surface area contributed by atoms with Crippen molar-refractivity contribution in [3.63, 3.8) is 0 Å². The minimum Gasteiger partial charge on any atom is -0.492 e. The third kappa shape index (κ3) is 4.47. The molecule has 148 valence electrons. The number of hydrogen-bond donors (Lipinski definition) is 3. The number of benzene rings is 1. The van der Waals surface area contributed by atoms with Crippen LogP contribution >= 0.6 is 11.6 Å². The molecular weight excluding hydrogens is 370 g/mol. The molecule has 1 heterocycles. The number of ether oxygens (including phenoxy) is 2. The molecule has 0 saturated heterocycles. The van der Waals surface area contributed by atoms with Gasteiger partial charge in [0, 0.05) is 12.1 Å². The van der Waals surface area contributed by atoms with Crippen LogP contribution < -0.4 is 20.7 Å². The van der Waals surface area contributed by atoms with Gasteiger partial charge in [0.15, 0.2) is 0 Å². The maximum atomic E-state index is 12.2. The molecule has 1 aliphatic heterocycles. The molecule has 2 aliphatic rings. The van der Waals surface area contributed by atoms with Gasteiger partial charge in [-0.1, -0.05) is 30.9 Å². The number of hydrogen-bond acceptors (Lipinski definition) is 5. The van der Waals surface area contributed by atoms with E-state index in [0.29, 0.717) is 36.2 Å². The monoisotopic (exact) mass is 395 g/mol. The Balaban J connectivity index is 1.72. The highest BCUT2D eigenvalue weighted by Crippen LogP contribution is 2.49. The number of carbonyl (C=O) groups excluding carboxylic acids is 2. The van der Waals surface area contributed by atoms with Crippen molar-refractivity contribution in [2.45, 2.75) is 44.6 Å². The standard InChI is InChI=1S/C19H26ClN3O4/c1-2-26-15(24)12-21-10-11-27-14-7-6-13(20)17-16(14)19(23-18(25)22-17)8-4-3-5-9-19/h6-7,21H,2-5,8-12H2,1H3,(H2,22,23,25). The van der Waals surface area contributed by atoms with Crippen molar-refractivity contribution in [1.82, 2.24) is 10.6 Å². The molecule has 2 amide bonds. The molecule has 1 aromatic carbocycles. The van der Waals surface area contributed by atoms with Crippen LogP contribution in [-0.4, -0.2) is 38.3 Å². The first-order valence-electron chi connectivity index (χ1n) is 9.47. The molecule has 0 radical (unpaired) electrons. The minimum atomic E-state index is -0.436. The zero-order valence-electron chi connectivity index (χ0n) is 15.5. The van der Waals surface area contributed by atoms with E-state index in [0.717, 1.165) is 37.7 Å². The fourth-order valence-electron chi connectivity index (χ4n) is 3.87. The van der Waals surface area contributed by atoms with Crippen molar-refractivity contribution in [1.29, 1.82) is 0 Å². The first kappa shape index (κ1) is 19.8. The number of fused-ring (bicyclic) bond motifs is 2. The second-order valence-corrected chi connectivity index (χ2v) is 7.25. The van der Waals surface area contributed by atoms with Crippen molar-refractivity contribution in [2.75, 3.05) is 31.6 Å². The summed E-state index contributed by atoms with van der Waals surface area (Å²) in [6.45, 7) is 3.19. The number of esters is 1. The van der Waals surface area contributed by atoms with Gasteiger partial charge in [-0.25, -0.2) is 4.79 Å². The van der Waals surface area contributed by atoms with E-state index in [2.05, 4.69) is 16.0 Å². The molecular formula is C19H26ClN3O4. The molecule has 8 heteroatoms. The highest BCUT2D eigenvalue weighted by molar-refractivity contribution is 6.34. The lowest BCUT2D eigenvalue weighted by atomic mass is 9.74. The third-order valence-electron chi connectivity index (χ3n) is 5.00. The summed E-state index contributed by atoms with van der Waals surface area (Å²) >= 11 is 6.37. The molecule has 3 rings (SSSR count). The van der Waals surface area contributed by atoms with Crippen molar-refractivity contribution in [3.8, 4) is 5.75 Å². The highest BCUT2D eigenvalue weighted by atomic mass is 35.5. The average Bonchev–Trinajstić information content (AvgIpc) is 2.64. The number of carbonyl (C=O) groups is 2. The van der Waals surface area contributed by atoms with Gasteiger partial charge in [-0.15, -0.1) is 0 Å². The third-order valence-corrected chi connectivity index (χ3v) is 5.32. The Morgan fingerprint density at radius 3 is 2.81 bits per heavy atom. The van der Waals surface area contributed by atoms with Crippen LogP contribution in [0.3, 0.4) is 0 Å². The molecule has 1 saturated carbocycles. The summed E-state index contributed by atoms with van der Waals surface area (Å²) in [6.07, 6.45) is 4.99. The molecule has 1 aromatic rings. The second-order valence-electron chi connectivity index (χ2n) is 6.85. The molecule has 1 spiro atoms. The van der Waals surface area contributed by atoms with Crippen LogP contribution in [0.2, 0.25) is 5.02 Å². The number of nitrogens with one attached hydrogen (secondary N) is 3. The van der Waals surface area contributed by atoms with Crippen LogP contribution in [0.25, 0.3) is 0 Å². The highest BCUT2D eigenvalue weighted by Gasteiger charge is 2.43. The fraction of sp³-hybridized carbons (Fsp3) is 0.579. The first-order valence-corrected chi connectivity index (χ1v) is 9.85. The van der Waals surface area contributed by atoms with E-state index in [-0.39, 0.29) is 18.5 Å². The lowest BCUT2D eigenvalue weighted by Crippen LogP contribution is -2.53. The topological polar surface area (TPSA) is 88.7 Å². The summed E-state index contributed by atoms with van der Waals surface area (Å²) in [7, 11) is 0. The van der Waals surface area contributed by atoms with Gasteiger partial charge >= 0.3 is 12.0 Å². The van der Waals surface area contributed by atoms with Crippen molar-refractivity contribution in [2.24, 2.45) is 0 Å². The summed E-state index contributed by atoms with van der Waals surface area (Å²) in [4.78, 5) is 23.6. The molecule has 1 fully saturated rings. The largest absolute Gasteiger partial charge is 0.492 e. The molecule has 1 aliphatic carbocycles. The van der Waals surface area contributed by atoms with Gasteiger partial charge in [-0.05, 0) is 31.9 Å². The zero-order valence-corrected chi connectivity index (χ0v) is 16.3. The van der Waals surface area contributed by atoms with Gasteiger partial charge in [0.05, 0.1) is 29.4 Å². The van der Waals surface area contributed by atoms with Gasteiger partial charge < -0.3 is 25.4 Å². The number of amides is 2. The summed E-state index contributed by atoms with van der Waals surface area (Å²) < 4.78 is 10.9. The molecule has 0 bridgehead atoms. The van der Waals surface area contributed by atoms with Crippen LogP contribution in [-0.2, 0) is 15.1 Å². The van der Waals surface area contributed by atoms with E-state index in [1.54, 1.807) is 13.0 Å². The second kappa shape index (κ2) is 8.80. The molecule has 0 aromatic heterocycles. The van der Waals surface area contributed by atoms with E-state index in [9.17, 15) is 9.59 Å². The van der Waals surface area contributed by atoms with Crippen LogP contribution in [0.1, 0.15) is 44.6 Å². The maximum absolute atomic E-state index is 12.2. The summed E-state index contributed by atoms with van der Waals surface area (Å²) in [5.74, 6) is 0.427.